The Balaban J connectivity index is 2.15. The summed E-state index contributed by atoms with van der Waals surface area (Å²) in [7, 11) is 0. The van der Waals surface area contributed by atoms with Gasteiger partial charge >= 0.3 is 5.97 Å². The Kier molecular flexibility index (Phi) is 5.10. The van der Waals surface area contributed by atoms with Crippen LogP contribution in [0.5, 0.6) is 0 Å². The summed E-state index contributed by atoms with van der Waals surface area (Å²) in [5.74, 6) is -0.850. The molecule has 106 valence electrons. The molecule has 1 aliphatic rings. The standard InChI is InChI=1S/C13H20N2O2S2/c1-3-10-11(12(16)17)19-13(14-10)15-7-4-5-9(18-2)6-8-15/h9H,3-8H2,1-2H3,(H,16,17). The molecule has 2 rings (SSSR count). The number of hydrogen-bond donors (Lipinski definition) is 1. The van der Waals surface area contributed by atoms with Gasteiger partial charge in [0.15, 0.2) is 5.13 Å². The highest BCUT2D eigenvalue weighted by Crippen LogP contribution is 2.30. The van der Waals surface area contributed by atoms with Gasteiger partial charge < -0.3 is 10.0 Å². The van der Waals surface area contributed by atoms with Crippen molar-refractivity contribution in [3.63, 3.8) is 0 Å². The second kappa shape index (κ2) is 6.61. The van der Waals surface area contributed by atoms with E-state index in [0.29, 0.717) is 11.3 Å². The number of rotatable bonds is 4. The van der Waals surface area contributed by atoms with Gasteiger partial charge in [0.2, 0.25) is 0 Å². The molecule has 0 aromatic carbocycles. The zero-order chi connectivity index (χ0) is 13.8. The molecule has 4 nitrogen and oxygen atoms in total. The zero-order valence-electron chi connectivity index (χ0n) is 11.4. The number of carboxylic acid groups (broad SMARTS) is 1. The predicted octanol–water partition coefficient (Wildman–Crippen LogP) is 3.13. The number of aromatic nitrogens is 1. The molecule has 1 aromatic rings. The van der Waals surface area contributed by atoms with Crippen LogP contribution in [0.15, 0.2) is 0 Å². The Morgan fingerprint density at radius 1 is 1.53 bits per heavy atom. The summed E-state index contributed by atoms with van der Waals surface area (Å²) in [6, 6.07) is 0. The third-order valence-electron chi connectivity index (χ3n) is 3.49. The monoisotopic (exact) mass is 300 g/mol. The number of anilines is 1. The normalized spacial score (nSPS) is 20.3. The molecule has 0 radical (unpaired) electrons. The molecule has 0 saturated carbocycles. The highest BCUT2D eigenvalue weighted by molar-refractivity contribution is 7.99. The lowest BCUT2D eigenvalue weighted by Gasteiger charge is -2.19. The Labute approximate surface area is 122 Å². The lowest BCUT2D eigenvalue weighted by Crippen LogP contribution is -2.24. The SMILES string of the molecule is CCc1nc(N2CCCC(SC)CC2)sc1C(=O)O. The molecule has 0 amide bonds. The van der Waals surface area contributed by atoms with E-state index in [4.69, 9.17) is 0 Å². The van der Waals surface area contributed by atoms with Gasteiger partial charge in [0, 0.05) is 18.3 Å². The van der Waals surface area contributed by atoms with Crippen LogP contribution < -0.4 is 4.90 Å². The van der Waals surface area contributed by atoms with Crippen LogP contribution in [0.3, 0.4) is 0 Å². The van der Waals surface area contributed by atoms with Gasteiger partial charge in [-0.2, -0.15) is 11.8 Å². The average molecular weight is 300 g/mol. The van der Waals surface area contributed by atoms with Crippen molar-refractivity contribution >= 4 is 34.2 Å². The lowest BCUT2D eigenvalue weighted by atomic mass is 10.2. The lowest BCUT2D eigenvalue weighted by molar-refractivity contribution is 0.0701. The van der Waals surface area contributed by atoms with Gasteiger partial charge in [-0.3, -0.25) is 0 Å². The summed E-state index contributed by atoms with van der Waals surface area (Å²) >= 11 is 3.26. The molecular weight excluding hydrogens is 280 g/mol. The van der Waals surface area contributed by atoms with Crippen LogP contribution in [0.25, 0.3) is 0 Å². The van der Waals surface area contributed by atoms with E-state index in [9.17, 15) is 9.90 Å². The number of carboxylic acids is 1. The first-order chi connectivity index (χ1) is 9.15. The van der Waals surface area contributed by atoms with Gasteiger partial charge in [-0.1, -0.05) is 18.3 Å². The quantitative estimate of drug-likeness (QED) is 0.926. The number of aromatic carboxylic acids is 1. The highest BCUT2D eigenvalue weighted by atomic mass is 32.2. The van der Waals surface area contributed by atoms with E-state index in [1.54, 1.807) is 0 Å². The fourth-order valence-electron chi connectivity index (χ4n) is 2.37. The number of hydrogen-bond acceptors (Lipinski definition) is 5. The van der Waals surface area contributed by atoms with Crippen molar-refractivity contribution in [2.75, 3.05) is 24.2 Å². The van der Waals surface area contributed by atoms with Crippen LogP contribution >= 0.6 is 23.1 Å². The summed E-state index contributed by atoms with van der Waals surface area (Å²) < 4.78 is 0. The summed E-state index contributed by atoms with van der Waals surface area (Å²) in [5.41, 5.74) is 0.721. The van der Waals surface area contributed by atoms with Gasteiger partial charge in [0.1, 0.15) is 4.88 Å². The number of carbonyl (C=O) groups is 1. The first-order valence-electron chi connectivity index (χ1n) is 6.66. The molecule has 2 heterocycles. The van der Waals surface area contributed by atoms with Crippen molar-refractivity contribution in [1.29, 1.82) is 0 Å². The smallest absolute Gasteiger partial charge is 0.347 e. The van der Waals surface area contributed by atoms with Gasteiger partial charge in [0.05, 0.1) is 5.69 Å². The van der Waals surface area contributed by atoms with Crippen molar-refractivity contribution in [3.05, 3.63) is 10.6 Å². The maximum Gasteiger partial charge on any atom is 0.347 e. The molecule has 1 N–H and O–H groups in total. The fraction of sp³-hybridized carbons (Fsp3) is 0.692. The zero-order valence-corrected chi connectivity index (χ0v) is 13.0. The van der Waals surface area contributed by atoms with E-state index in [1.807, 2.05) is 18.7 Å². The van der Waals surface area contributed by atoms with Gasteiger partial charge in [-0.25, -0.2) is 9.78 Å². The van der Waals surface area contributed by atoms with E-state index < -0.39 is 5.97 Å². The molecule has 1 atom stereocenters. The second-order valence-corrected chi connectivity index (χ2v) is 6.82. The van der Waals surface area contributed by atoms with Crippen molar-refractivity contribution in [2.24, 2.45) is 0 Å². The third-order valence-corrected chi connectivity index (χ3v) is 5.78. The topological polar surface area (TPSA) is 53.4 Å². The molecule has 0 aliphatic carbocycles. The Morgan fingerprint density at radius 3 is 2.89 bits per heavy atom. The van der Waals surface area contributed by atoms with Crippen LogP contribution in [0, 0.1) is 0 Å². The third kappa shape index (κ3) is 3.42. The van der Waals surface area contributed by atoms with Gasteiger partial charge in [-0.05, 0) is 31.9 Å². The summed E-state index contributed by atoms with van der Waals surface area (Å²) in [6.45, 7) is 3.94. The minimum Gasteiger partial charge on any atom is -0.477 e. The molecular formula is C13H20N2O2S2. The molecule has 6 heteroatoms. The number of aryl methyl sites for hydroxylation is 1. The van der Waals surface area contributed by atoms with Crippen molar-refractivity contribution in [2.45, 2.75) is 37.9 Å². The van der Waals surface area contributed by atoms with E-state index in [2.05, 4.69) is 16.1 Å². The predicted molar refractivity (Wildman–Crippen MR) is 81.8 cm³/mol. The number of nitrogens with zero attached hydrogens (tertiary/aromatic N) is 2. The largest absolute Gasteiger partial charge is 0.477 e. The molecule has 1 fully saturated rings. The van der Waals surface area contributed by atoms with E-state index in [1.165, 1.54) is 17.8 Å². The molecule has 0 spiro atoms. The van der Waals surface area contributed by atoms with Gasteiger partial charge in [0.25, 0.3) is 0 Å². The Hall–Kier alpha value is -0.750. The number of thioether (sulfide) groups is 1. The van der Waals surface area contributed by atoms with Crippen molar-refractivity contribution in [3.8, 4) is 0 Å². The van der Waals surface area contributed by atoms with Crippen LogP contribution in [0.4, 0.5) is 5.13 Å². The minimum atomic E-state index is -0.850. The van der Waals surface area contributed by atoms with Gasteiger partial charge in [-0.15, -0.1) is 0 Å². The van der Waals surface area contributed by atoms with Crippen LogP contribution in [0.2, 0.25) is 0 Å². The summed E-state index contributed by atoms with van der Waals surface area (Å²) in [5, 5.41) is 10.8. The van der Waals surface area contributed by atoms with E-state index in [0.717, 1.165) is 42.0 Å². The molecule has 0 bridgehead atoms. The summed E-state index contributed by atoms with van der Waals surface area (Å²) in [6.07, 6.45) is 6.41. The van der Waals surface area contributed by atoms with E-state index >= 15 is 0 Å². The average Bonchev–Trinajstić information content (AvgIpc) is 2.70. The van der Waals surface area contributed by atoms with Crippen LogP contribution in [0.1, 0.15) is 41.6 Å². The Morgan fingerprint density at radius 2 is 2.32 bits per heavy atom. The Bertz CT molecular complexity index is 448. The first-order valence-corrected chi connectivity index (χ1v) is 8.76. The van der Waals surface area contributed by atoms with Crippen molar-refractivity contribution < 1.29 is 9.90 Å². The molecule has 1 unspecified atom stereocenters. The number of thiazole rings is 1. The molecule has 1 saturated heterocycles. The fourth-order valence-corrected chi connectivity index (χ4v) is 4.16. The minimum absolute atomic E-state index is 0.406. The highest BCUT2D eigenvalue weighted by Gasteiger charge is 2.22. The molecule has 1 aliphatic heterocycles. The van der Waals surface area contributed by atoms with Crippen LogP contribution in [-0.4, -0.2) is 40.7 Å². The van der Waals surface area contributed by atoms with Crippen LogP contribution in [-0.2, 0) is 6.42 Å². The molecule has 1 aromatic heterocycles. The maximum atomic E-state index is 11.2. The van der Waals surface area contributed by atoms with E-state index in [-0.39, 0.29) is 0 Å². The van der Waals surface area contributed by atoms with Crippen molar-refractivity contribution in [1.82, 2.24) is 4.98 Å². The maximum absolute atomic E-state index is 11.2. The molecule has 19 heavy (non-hydrogen) atoms. The summed E-state index contributed by atoms with van der Waals surface area (Å²) in [4.78, 5) is 18.4. The second-order valence-electron chi connectivity index (χ2n) is 4.71. The first kappa shape index (κ1) is 14.7.